The van der Waals surface area contributed by atoms with Gasteiger partial charge < -0.3 is 39.2 Å². The molecule has 42 heavy (non-hydrogen) atoms. The van der Waals surface area contributed by atoms with Crippen molar-refractivity contribution in [3.63, 3.8) is 0 Å². The first kappa shape index (κ1) is 30.2. The number of ether oxygens (including phenoxy) is 2. The molecular formula is C27H27N3O11S. The second-order valence-corrected chi connectivity index (χ2v) is 10.1. The summed E-state index contributed by atoms with van der Waals surface area (Å²) in [6, 6.07) is 12.5. The molecule has 0 saturated heterocycles. The zero-order chi connectivity index (χ0) is 30.2. The largest absolute Gasteiger partial charge is 0.489 e. The number of benzene rings is 2. The maximum atomic E-state index is 11.5. The molecule has 14 nitrogen and oxygen atoms in total. The van der Waals surface area contributed by atoms with Gasteiger partial charge in [0.25, 0.3) is 0 Å². The van der Waals surface area contributed by atoms with Gasteiger partial charge in [0, 0.05) is 18.0 Å². The molecule has 0 aliphatic heterocycles. The van der Waals surface area contributed by atoms with Crippen LogP contribution in [-0.4, -0.2) is 107 Å². The Balaban J connectivity index is 1.53. The molecule has 2 heterocycles. The summed E-state index contributed by atoms with van der Waals surface area (Å²) < 4.78 is 18.4. The van der Waals surface area contributed by atoms with E-state index in [1.807, 2.05) is 24.3 Å². The van der Waals surface area contributed by atoms with Crippen LogP contribution in [-0.2, 0) is 23.9 Å². The molecule has 4 rings (SSSR count). The SMILES string of the molecule is O=C(O)CN(CCOCCOc1cc2cc(-c3nc4ccccc4s3)oc2cc1N(CC(=O)O)CC(=O)O)CC(=O)O. The number of hydrogen-bond donors (Lipinski definition) is 4. The van der Waals surface area contributed by atoms with Gasteiger partial charge in [-0.25, -0.2) is 4.98 Å². The van der Waals surface area contributed by atoms with E-state index in [2.05, 4.69) is 4.98 Å². The highest BCUT2D eigenvalue weighted by Crippen LogP contribution is 2.39. The summed E-state index contributed by atoms with van der Waals surface area (Å²) in [6.45, 7) is -2.03. The molecule has 4 N–H and O–H groups in total. The van der Waals surface area contributed by atoms with Crippen molar-refractivity contribution >= 4 is 62.1 Å². The van der Waals surface area contributed by atoms with Crippen molar-refractivity contribution in [2.75, 3.05) is 57.4 Å². The fourth-order valence-electron chi connectivity index (χ4n) is 4.16. The number of fused-ring (bicyclic) bond motifs is 2. The van der Waals surface area contributed by atoms with E-state index in [0.29, 0.717) is 21.7 Å². The second-order valence-electron chi connectivity index (χ2n) is 9.06. The molecule has 0 bridgehead atoms. The summed E-state index contributed by atoms with van der Waals surface area (Å²) in [5, 5.41) is 37.9. The average Bonchev–Trinajstić information content (AvgIpc) is 3.52. The summed E-state index contributed by atoms with van der Waals surface area (Å²) in [5.74, 6) is -4.14. The standard InChI is InChI=1S/C27H27N3O11S/c31-23(32)12-29(13-24(33)34)5-6-39-7-8-40-20-9-16-10-21(27-28-17-3-1-2-4-22(17)42-27)41-19(16)11-18(20)30(14-25(35)36)15-26(37)38/h1-4,9-11H,5-8,12-15H2,(H,31,32)(H,33,34)(H,35,36)(H,37,38). The number of thiazole rings is 1. The number of rotatable bonds is 17. The third kappa shape index (κ3) is 8.15. The van der Waals surface area contributed by atoms with Gasteiger partial charge in [-0.3, -0.25) is 24.1 Å². The van der Waals surface area contributed by atoms with Crippen LogP contribution in [0.2, 0.25) is 0 Å². The minimum absolute atomic E-state index is 0.0209. The van der Waals surface area contributed by atoms with Crippen molar-refractivity contribution in [2.24, 2.45) is 0 Å². The predicted molar refractivity (Wildman–Crippen MR) is 150 cm³/mol. The zero-order valence-corrected chi connectivity index (χ0v) is 22.9. The number of hydrogen-bond acceptors (Lipinski definition) is 11. The highest BCUT2D eigenvalue weighted by atomic mass is 32.1. The quantitative estimate of drug-likeness (QED) is 0.129. The van der Waals surface area contributed by atoms with Gasteiger partial charge in [-0.2, -0.15) is 0 Å². The molecule has 0 aliphatic carbocycles. The Morgan fingerprint density at radius 3 is 2.14 bits per heavy atom. The van der Waals surface area contributed by atoms with Crippen LogP contribution in [0.15, 0.2) is 46.9 Å². The molecule has 15 heteroatoms. The molecule has 0 saturated carbocycles. The van der Waals surface area contributed by atoms with E-state index >= 15 is 0 Å². The molecule has 2 aromatic carbocycles. The number of aromatic nitrogens is 1. The van der Waals surface area contributed by atoms with E-state index in [9.17, 15) is 29.4 Å². The first-order valence-corrected chi connectivity index (χ1v) is 13.4. The van der Waals surface area contributed by atoms with E-state index in [1.54, 1.807) is 12.1 Å². The molecule has 0 atom stereocenters. The van der Waals surface area contributed by atoms with Crippen LogP contribution >= 0.6 is 11.3 Å². The van der Waals surface area contributed by atoms with Crippen LogP contribution in [0.3, 0.4) is 0 Å². The fourth-order valence-corrected chi connectivity index (χ4v) is 5.08. The van der Waals surface area contributed by atoms with Crippen LogP contribution in [0.4, 0.5) is 5.69 Å². The highest BCUT2D eigenvalue weighted by Gasteiger charge is 2.22. The Labute approximate surface area is 241 Å². The van der Waals surface area contributed by atoms with Gasteiger partial charge in [0.15, 0.2) is 10.8 Å². The first-order chi connectivity index (χ1) is 20.1. The Bertz CT molecular complexity index is 1530. The minimum atomic E-state index is -1.24. The predicted octanol–water partition coefficient (Wildman–Crippen LogP) is 2.55. The van der Waals surface area contributed by atoms with E-state index in [0.717, 1.165) is 15.1 Å². The van der Waals surface area contributed by atoms with Gasteiger partial charge in [0.1, 0.15) is 31.0 Å². The highest BCUT2D eigenvalue weighted by molar-refractivity contribution is 7.21. The first-order valence-electron chi connectivity index (χ1n) is 12.6. The number of para-hydroxylation sites is 1. The van der Waals surface area contributed by atoms with E-state index in [1.165, 1.54) is 22.3 Å². The molecule has 0 aliphatic rings. The number of anilines is 1. The summed E-state index contributed by atoms with van der Waals surface area (Å²) in [7, 11) is 0. The van der Waals surface area contributed by atoms with Gasteiger partial charge in [0.2, 0.25) is 0 Å². The van der Waals surface area contributed by atoms with Crippen LogP contribution in [0.25, 0.3) is 32.0 Å². The van der Waals surface area contributed by atoms with Gasteiger partial charge in [-0.15, -0.1) is 11.3 Å². The molecule has 4 aromatic rings. The number of carbonyl (C=O) groups is 4. The van der Waals surface area contributed by atoms with Crippen molar-refractivity contribution in [3.05, 3.63) is 42.5 Å². The molecule has 0 spiro atoms. The number of carboxylic acids is 4. The maximum absolute atomic E-state index is 11.5. The number of aliphatic carboxylic acids is 4. The van der Waals surface area contributed by atoms with Crippen molar-refractivity contribution < 1.29 is 53.5 Å². The lowest BCUT2D eigenvalue weighted by Crippen LogP contribution is -2.37. The van der Waals surface area contributed by atoms with Crippen LogP contribution in [0.1, 0.15) is 0 Å². The molecule has 0 radical (unpaired) electrons. The smallest absolute Gasteiger partial charge is 0.323 e. The summed E-state index contributed by atoms with van der Waals surface area (Å²) in [5.41, 5.74) is 1.37. The lowest BCUT2D eigenvalue weighted by Gasteiger charge is -2.23. The van der Waals surface area contributed by atoms with E-state index < -0.39 is 50.1 Å². The third-order valence-corrected chi connectivity index (χ3v) is 6.90. The molecule has 0 amide bonds. The Hall–Kier alpha value is -4.73. The van der Waals surface area contributed by atoms with E-state index in [-0.39, 0.29) is 37.8 Å². The summed E-state index contributed by atoms with van der Waals surface area (Å²) >= 11 is 1.44. The molecule has 2 aromatic heterocycles. The van der Waals surface area contributed by atoms with Crippen LogP contribution in [0.5, 0.6) is 5.75 Å². The van der Waals surface area contributed by atoms with Crippen LogP contribution < -0.4 is 9.64 Å². The Morgan fingerprint density at radius 2 is 1.50 bits per heavy atom. The second kappa shape index (κ2) is 13.8. The van der Waals surface area contributed by atoms with Crippen molar-refractivity contribution in [1.29, 1.82) is 0 Å². The Morgan fingerprint density at radius 1 is 0.833 bits per heavy atom. The number of carboxylic acid groups (broad SMARTS) is 4. The monoisotopic (exact) mass is 601 g/mol. The Kier molecular flexibility index (Phi) is 9.90. The number of furan rings is 1. The normalized spacial score (nSPS) is 11.3. The zero-order valence-electron chi connectivity index (χ0n) is 22.1. The summed E-state index contributed by atoms with van der Waals surface area (Å²) in [4.78, 5) is 51.9. The molecule has 222 valence electrons. The van der Waals surface area contributed by atoms with Crippen LogP contribution in [0, 0.1) is 0 Å². The minimum Gasteiger partial charge on any atom is -0.489 e. The van der Waals surface area contributed by atoms with Crippen molar-refractivity contribution in [1.82, 2.24) is 9.88 Å². The summed E-state index contributed by atoms with van der Waals surface area (Å²) in [6.07, 6.45) is 0. The van der Waals surface area contributed by atoms with Crippen molar-refractivity contribution in [2.45, 2.75) is 0 Å². The molecular weight excluding hydrogens is 574 g/mol. The molecule has 0 unspecified atom stereocenters. The van der Waals surface area contributed by atoms with E-state index in [4.69, 9.17) is 24.1 Å². The average molecular weight is 602 g/mol. The number of nitrogens with zero attached hydrogens (tertiary/aromatic N) is 3. The fraction of sp³-hybridized carbons (Fsp3) is 0.296. The van der Waals surface area contributed by atoms with Gasteiger partial charge in [0.05, 0.1) is 42.2 Å². The maximum Gasteiger partial charge on any atom is 0.323 e. The third-order valence-electron chi connectivity index (χ3n) is 5.85. The molecule has 0 fully saturated rings. The van der Waals surface area contributed by atoms with Gasteiger partial charge in [-0.05, 0) is 24.3 Å². The lowest BCUT2D eigenvalue weighted by atomic mass is 10.2. The van der Waals surface area contributed by atoms with Gasteiger partial charge in [-0.1, -0.05) is 12.1 Å². The van der Waals surface area contributed by atoms with Gasteiger partial charge >= 0.3 is 23.9 Å². The lowest BCUT2D eigenvalue weighted by molar-refractivity contribution is -0.142. The van der Waals surface area contributed by atoms with Crippen molar-refractivity contribution in [3.8, 4) is 16.5 Å². The topological polar surface area (TPSA) is 200 Å².